The molecule has 0 aromatic heterocycles. The minimum Gasteiger partial charge on any atom is -0.353 e. The van der Waals surface area contributed by atoms with E-state index in [0.717, 1.165) is 23.3 Å². The van der Waals surface area contributed by atoms with Gasteiger partial charge in [-0.1, -0.05) is 49.4 Å². The lowest BCUT2D eigenvalue weighted by molar-refractivity contribution is -0.122. The molecule has 0 unspecified atom stereocenters. The zero-order valence-electron chi connectivity index (χ0n) is 16.6. The van der Waals surface area contributed by atoms with Crippen LogP contribution < -0.4 is 9.62 Å². The van der Waals surface area contributed by atoms with Crippen molar-refractivity contribution in [3.8, 4) is 0 Å². The molecule has 0 saturated carbocycles. The van der Waals surface area contributed by atoms with E-state index in [1.165, 1.54) is 9.87 Å². The zero-order chi connectivity index (χ0) is 20.6. The van der Waals surface area contributed by atoms with Gasteiger partial charge in [0.2, 0.25) is 15.9 Å². The molecule has 0 radical (unpaired) electrons. The molecule has 1 N–H and O–H groups in total. The number of carbonyl (C=O) groups excluding carboxylic acids is 1. The lowest BCUT2D eigenvalue weighted by Crippen LogP contribution is -2.49. The van der Waals surface area contributed by atoms with Crippen LogP contribution in [0.5, 0.6) is 0 Å². The molecule has 0 heterocycles. The summed E-state index contributed by atoms with van der Waals surface area (Å²) in [5.41, 5.74) is 2.70. The molecule has 5 nitrogen and oxygen atoms in total. The summed E-state index contributed by atoms with van der Waals surface area (Å²) >= 11 is 1.73. The summed E-state index contributed by atoms with van der Waals surface area (Å²) in [5.74, 6) is 1.38. The lowest BCUT2D eigenvalue weighted by Gasteiger charge is -2.30. The van der Waals surface area contributed by atoms with Gasteiger partial charge in [0, 0.05) is 18.1 Å². The summed E-state index contributed by atoms with van der Waals surface area (Å²) in [7, 11) is -3.60. The molecular weight excluding hydrogens is 392 g/mol. The summed E-state index contributed by atoms with van der Waals surface area (Å²) in [6, 6.07) is 16.6. The second-order valence-corrected chi connectivity index (χ2v) is 9.62. The molecule has 152 valence electrons. The molecule has 1 atom stereocenters. The van der Waals surface area contributed by atoms with Crippen molar-refractivity contribution in [1.29, 1.82) is 0 Å². The maximum Gasteiger partial charge on any atom is 0.243 e. The summed E-state index contributed by atoms with van der Waals surface area (Å²) < 4.78 is 26.1. The first kappa shape index (κ1) is 22.3. The fourth-order valence-electron chi connectivity index (χ4n) is 2.95. The molecule has 0 aliphatic heterocycles. The van der Waals surface area contributed by atoms with Gasteiger partial charge in [-0.3, -0.25) is 9.10 Å². The van der Waals surface area contributed by atoms with Crippen molar-refractivity contribution in [2.75, 3.05) is 22.9 Å². The summed E-state index contributed by atoms with van der Waals surface area (Å²) in [5, 5.41) is 2.89. The molecule has 28 heavy (non-hydrogen) atoms. The average Bonchev–Trinajstić information content (AvgIpc) is 2.65. The number of anilines is 1. The standard InChI is InChI=1S/C21H28N2O3S2/c1-4-20(23(28(3,25)26)19-12-8-9-17(2)15-19)21(24)22-13-14-27-16-18-10-6-5-7-11-18/h5-12,15,20H,4,13-14,16H2,1-3H3,(H,22,24)/t20-/m0/s1. The number of nitrogens with one attached hydrogen (secondary N) is 1. The van der Waals surface area contributed by atoms with Crippen LogP contribution in [0.25, 0.3) is 0 Å². The van der Waals surface area contributed by atoms with E-state index >= 15 is 0 Å². The van der Waals surface area contributed by atoms with Gasteiger partial charge in [-0.2, -0.15) is 11.8 Å². The second kappa shape index (κ2) is 10.5. The Kier molecular flexibility index (Phi) is 8.38. The number of sulfonamides is 1. The molecule has 0 bridgehead atoms. The van der Waals surface area contributed by atoms with Gasteiger partial charge in [0.15, 0.2) is 0 Å². The van der Waals surface area contributed by atoms with E-state index in [-0.39, 0.29) is 5.91 Å². The highest BCUT2D eigenvalue weighted by Gasteiger charge is 2.31. The molecule has 2 aromatic rings. The first-order chi connectivity index (χ1) is 13.3. The first-order valence-corrected chi connectivity index (χ1v) is 12.3. The largest absolute Gasteiger partial charge is 0.353 e. The quantitative estimate of drug-likeness (QED) is 0.597. The number of amides is 1. The highest BCUT2D eigenvalue weighted by molar-refractivity contribution is 7.98. The van der Waals surface area contributed by atoms with E-state index < -0.39 is 16.1 Å². The summed E-state index contributed by atoms with van der Waals surface area (Å²) in [4.78, 5) is 12.7. The van der Waals surface area contributed by atoms with E-state index in [9.17, 15) is 13.2 Å². The van der Waals surface area contributed by atoms with Gasteiger partial charge in [0.25, 0.3) is 0 Å². The third-order valence-corrected chi connectivity index (χ3v) is 6.45. The normalized spacial score (nSPS) is 12.4. The third kappa shape index (κ3) is 6.56. The molecule has 0 fully saturated rings. The smallest absolute Gasteiger partial charge is 0.243 e. The highest BCUT2D eigenvalue weighted by atomic mass is 32.2. The van der Waals surface area contributed by atoms with E-state index in [0.29, 0.717) is 18.7 Å². The molecule has 0 saturated heterocycles. The van der Waals surface area contributed by atoms with Gasteiger partial charge >= 0.3 is 0 Å². The number of hydrogen-bond acceptors (Lipinski definition) is 4. The molecular formula is C21H28N2O3S2. The number of aryl methyl sites for hydroxylation is 1. The van der Waals surface area contributed by atoms with Crippen molar-refractivity contribution in [1.82, 2.24) is 5.32 Å². The van der Waals surface area contributed by atoms with Crippen molar-refractivity contribution in [3.05, 3.63) is 65.7 Å². The number of hydrogen-bond donors (Lipinski definition) is 1. The third-order valence-electron chi connectivity index (χ3n) is 4.24. The fourth-order valence-corrected chi connectivity index (χ4v) is 4.98. The average molecular weight is 421 g/mol. The van der Waals surface area contributed by atoms with Crippen LogP contribution in [0.2, 0.25) is 0 Å². The Morgan fingerprint density at radius 1 is 1.14 bits per heavy atom. The van der Waals surface area contributed by atoms with Gasteiger partial charge in [0.1, 0.15) is 6.04 Å². The molecule has 2 rings (SSSR count). The predicted molar refractivity (Wildman–Crippen MR) is 118 cm³/mol. The fraction of sp³-hybridized carbons (Fsp3) is 0.381. The number of rotatable bonds is 10. The Morgan fingerprint density at radius 3 is 2.46 bits per heavy atom. The molecule has 2 aromatic carbocycles. The van der Waals surface area contributed by atoms with Gasteiger partial charge < -0.3 is 5.32 Å². The lowest BCUT2D eigenvalue weighted by atomic mass is 10.1. The maximum absolute atomic E-state index is 12.7. The Hall–Kier alpha value is -1.99. The van der Waals surface area contributed by atoms with Crippen LogP contribution in [0.3, 0.4) is 0 Å². The number of thioether (sulfide) groups is 1. The van der Waals surface area contributed by atoms with E-state index in [2.05, 4.69) is 17.4 Å². The van der Waals surface area contributed by atoms with Crippen molar-refractivity contribution in [3.63, 3.8) is 0 Å². The van der Waals surface area contributed by atoms with E-state index in [4.69, 9.17) is 0 Å². The zero-order valence-corrected chi connectivity index (χ0v) is 18.2. The van der Waals surface area contributed by atoms with Crippen LogP contribution in [0.1, 0.15) is 24.5 Å². The molecule has 1 amide bonds. The van der Waals surface area contributed by atoms with Crippen molar-refractivity contribution >= 4 is 33.4 Å². The van der Waals surface area contributed by atoms with Crippen molar-refractivity contribution in [2.45, 2.75) is 32.1 Å². The van der Waals surface area contributed by atoms with Gasteiger partial charge in [-0.05, 0) is 36.6 Å². The molecule has 7 heteroatoms. The molecule has 0 aliphatic rings. The highest BCUT2D eigenvalue weighted by Crippen LogP contribution is 2.23. The Bertz CT molecular complexity index is 870. The van der Waals surface area contributed by atoms with Crippen LogP contribution in [0.15, 0.2) is 54.6 Å². The predicted octanol–water partition coefficient (Wildman–Crippen LogP) is 3.59. The Labute approximate surface area is 172 Å². The summed E-state index contributed by atoms with van der Waals surface area (Å²) in [6.07, 6.45) is 1.53. The topological polar surface area (TPSA) is 66.5 Å². The minimum atomic E-state index is -3.60. The van der Waals surface area contributed by atoms with Gasteiger partial charge in [0.05, 0.1) is 11.9 Å². The minimum absolute atomic E-state index is 0.269. The van der Waals surface area contributed by atoms with Crippen LogP contribution in [0.4, 0.5) is 5.69 Å². The van der Waals surface area contributed by atoms with Crippen molar-refractivity contribution < 1.29 is 13.2 Å². The van der Waals surface area contributed by atoms with E-state index in [1.54, 1.807) is 30.0 Å². The number of benzene rings is 2. The first-order valence-electron chi connectivity index (χ1n) is 9.28. The SMILES string of the molecule is CC[C@@H](C(=O)NCCSCc1ccccc1)N(c1cccc(C)c1)S(C)(=O)=O. The second-order valence-electron chi connectivity index (χ2n) is 6.65. The summed E-state index contributed by atoms with van der Waals surface area (Å²) in [6.45, 7) is 4.22. The maximum atomic E-state index is 12.7. The Morgan fingerprint density at radius 2 is 1.86 bits per heavy atom. The number of nitrogens with zero attached hydrogens (tertiary/aromatic N) is 1. The Balaban J connectivity index is 1.97. The van der Waals surface area contributed by atoms with Crippen molar-refractivity contribution in [2.24, 2.45) is 0 Å². The number of carbonyl (C=O) groups is 1. The van der Waals surface area contributed by atoms with Gasteiger partial charge in [-0.15, -0.1) is 0 Å². The molecule has 0 aliphatic carbocycles. The monoisotopic (exact) mass is 420 g/mol. The van der Waals surface area contributed by atoms with Crippen LogP contribution in [-0.2, 0) is 20.6 Å². The molecule has 0 spiro atoms. The van der Waals surface area contributed by atoms with Crippen LogP contribution in [-0.4, -0.2) is 38.9 Å². The van der Waals surface area contributed by atoms with E-state index in [1.807, 2.05) is 38.1 Å². The van der Waals surface area contributed by atoms with Crippen LogP contribution in [0, 0.1) is 6.92 Å². The van der Waals surface area contributed by atoms with Gasteiger partial charge in [-0.25, -0.2) is 8.42 Å². The van der Waals surface area contributed by atoms with Crippen LogP contribution >= 0.6 is 11.8 Å².